The molecule has 1 saturated carbocycles. The Balaban J connectivity index is 1.81. The SMILES string of the molecule is CN1CC2CC[C@@H](N(C)C)C(C1)[C@@H]2Oc1ccccc1. The Morgan fingerprint density at radius 2 is 1.85 bits per heavy atom. The molecule has 3 nitrogen and oxygen atoms in total. The third-order valence-corrected chi connectivity index (χ3v) is 4.96. The number of benzene rings is 1. The number of ether oxygens (including phenoxy) is 1. The van der Waals surface area contributed by atoms with Gasteiger partial charge in [0.25, 0.3) is 0 Å². The van der Waals surface area contributed by atoms with Crippen LogP contribution in [0.25, 0.3) is 0 Å². The lowest BCUT2D eigenvalue weighted by atomic mass is 9.72. The van der Waals surface area contributed by atoms with Gasteiger partial charge in [-0.05, 0) is 46.1 Å². The zero-order chi connectivity index (χ0) is 14.1. The molecule has 0 radical (unpaired) electrons. The molecule has 3 rings (SSSR count). The van der Waals surface area contributed by atoms with E-state index in [0.717, 1.165) is 12.3 Å². The fourth-order valence-electron chi connectivity index (χ4n) is 4.07. The van der Waals surface area contributed by atoms with Gasteiger partial charge in [-0.15, -0.1) is 0 Å². The fraction of sp³-hybridized carbons (Fsp3) is 0.647. The molecular weight excluding hydrogens is 248 g/mol. The van der Waals surface area contributed by atoms with Crippen molar-refractivity contribution in [1.82, 2.24) is 9.80 Å². The zero-order valence-electron chi connectivity index (χ0n) is 12.8. The van der Waals surface area contributed by atoms with Gasteiger partial charge in [0.2, 0.25) is 0 Å². The maximum atomic E-state index is 6.40. The summed E-state index contributed by atoms with van der Waals surface area (Å²) in [4.78, 5) is 4.87. The molecule has 20 heavy (non-hydrogen) atoms. The summed E-state index contributed by atoms with van der Waals surface area (Å²) in [6.07, 6.45) is 2.96. The minimum Gasteiger partial charge on any atom is -0.490 e. The second-order valence-corrected chi connectivity index (χ2v) is 6.65. The Morgan fingerprint density at radius 1 is 1.10 bits per heavy atom. The van der Waals surface area contributed by atoms with Gasteiger partial charge in [0.1, 0.15) is 11.9 Å². The van der Waals surface area contributed by atoms with Crippen LogP contribution in [0.4, 0.5) is 0 Å². The van der Waals surface area contributed by atoms with Gasteiger partial charge in [-0.2, -0.15) is 0 Å². The van der Waals surface area contributed by atoms with Gasteiger partial charge in [-0.1, -0.05) is 18.2 Å². The van der Waals surface area contributed by atoms with Crippen molar-refractivity contribution in [3.8, 4) is 5.75 Å². The average Bonchev–Trinajstić information content (AvgIpc) is 2.41. The first-order valence-corrected chi connectivity index (χ1v) is 7.72. The summed E-state index contributed by atoms with van der Waals surface area (Å²) in [6, 6.07) is 11.0. The van der Waals surface area contributed by atoms with Crippen molar-refractivity contribution in [1.29, 1.82) is 0 Å². The molecule has 1 aliphatic heterocycles. The summed E-state index contributed by atoms with van der Waals surface area (Å²) in [5, 5.41) is 0. The van der Waals surface area contributed by atoms with E-state index in [1.807, 2.05) is 6.07 Å². The maximum absolute atomic E-state index is 6.40. The Morgan fingerprint density at radius 3 is 2.55 bits per heavy atom. The molecule has 1 aromatic carbocycles. The lowest BCUT2D eigenvalue weighted by molar-refractivity contribution is -0.0622. The van der Waals surface area contributed by atoms with Gasteiger partial charge in [-0.3, -0.25) is 0 Å². The van der Waals surface area contributed by atoms with E-state index in [-0.39, 0.29) is 0 Å². The summed E-state index contributed by atoms with van der Waals surface area (Å²) in [7, 11) is 6.66. The number of rotatable bonds is 3. The molecule has 1 saturated heterocycles. The van der Waals surface area contributed by atoms with Crippen LogP contribution < -0.4 is 4.74 Å². The molecule has 2 fully saturated rings. The third kappa shape index (κ3) is 2.70. The molecule has 0 aromatic heterocycles. The average molecular weight is 274 g/mol. The third-order valence-electron chi connectivity index (χ3n) is 4.96. The highest BCUT2D eigenvalue weighted by atomic mass is 16.5. The lowest BCUT2D eigenvalue weighted by Crippen LogP contribution is -2.60. The molecule has 0 N–H and O–H groups in total. The normalized spacial score (nSPS) is 34.2. The van der Waals surface area contributed by atoms with E-state index in [1.54, 1.807) is 0 Å². The van der Waals surface area contributed by atoms with Crippen molar-refractivity contribution in [3.63, 3.8) is 0 Å². The first kappa shape index (κ1) is 13.9. The van der Waals surface area contributed by atoms with Crippen molar-refractivity contribution < 1.29 is 4.74 Å². The molecule has 3 heteroatoms. The Bertz CT molecular complexity index is 434. The largest absolute Gasteiger partial charge is 0.490 e. The van der Waals surface area contributed by atoms with E-state index < -0.39 is 0 Å². The van der Waals surface area contributed by atoms with Gasteiger partial charge in [-0.25, -0.2) is 0 Å². The Kier molecular flexibility index (Phi) is 3.99. The van der Waals surface area contributed by atoms with Crippen molar-refractivity contribution in [3.05, 3.63) is 30.3 Å². The van der Waals surface area contributed by atoms with E-state index in [4.69, 9.17) is 4.74 Å². The molecule has 1 aliphatic carbocycles. The highest BCUT2D eigenvalue weighted by Gasteiger charge is 2.45. The van der Waals surface area contributed by atoms with E-state index in [2.05, 4.69) is 55.2 Å². The molecule has 4 atom stereocenters. The number of para-hydroxylation sites is 1. The monoisotopic (exact) mass is 274 g/mol. The highest BCUT2D eigenvalue weighted by Crippen LogP contribution is 2.38. The van der Waals surface area contributed by atoms with E-state index in [1.165, 1.54) is 19.4 Å². The smallest absolute Gasteiger partial charge is 0.119 e. The molecule has 2 unspecified atom stereocenters. The predicted molar refractivity (Wildman–Crippen MR) is 82.0 cm³/mol. The lowest BCUT2D eigenvalue weighted by Gasteiger charge is -2.51. The van der Waals surface area contributed by atoms with Gasteiger partial charge < -0.3 is 14.5 Å². The fourth-order valence-corrected chi connectivity index (χ4v) is 4.07. The van der Waals surface area contributed by atoms with Crippen LogP contribution in [-0.2, 0) is 0 Å². The van der Waals surface area contributed by atoms with E-state index in [0.29, 0.717) is 24.0 Å². The van der Waals surface area contributed by atoms with Crippen LogP contribution in [-0.4, -0.2) is 56.2 Å². The van der Waals surface area contributed by atoms with Crippen LogP contribution in [0.2, 0.25) is 0 Å². The number of hydrogen-bond acceptors (Lipinski definition) is 3. The molecule has 0 spiro atoms. The molecule has 2 bridgehead atoms. The summed E-state index contributed by atoms with van der Waals surface area (Å²) in [5.41, 5.74) is 0. The van der Waals surface area contributed by atoms with E-state index >= 15 is 0 Å². The number of hydrogen-bond donors (Lipinski definition) is 0. The van der Waals surface area contributed by atoms with Crippen LogP contribution in [0.5, 0.6) is 5.75 Å². The van der Waals surface area contributed by atoms with Crippen LogP contribution in [0.3, 0.4) is 0 Å². The molecule has 2 aliphatic rings. The second-order valence-electron chi connectivity index (χ2n) is 6.65. The van der Waals surface area contributed by atoms with Gasteiger partial charge >= 0.3 is 0 Å². The zero-order valence-corrected chi connectivity index (χ0v) is 12.8. The highest BCUT2D eigenvalue weighted by molar-refractivity contribution is 5.22. The molecule has 1 aromatic rings. The standard InChI is InChI=1S/C17H26N2O/c1-18(2)16-10-9-13-11-19(3)12-15(16)17(13)20-14-7-5-4-6-8-14/h4-8,13,15-17H,9-12H2,1-3H3/t13?,15?,16-,17-/m1/s1. The summed E-state index contributed by atoms with van der Waals surface area (Å²) in [6.45, 7) is 2.32. The van der Waals surface area contributed by atoms with Crippen molar-refractivity contribution in [2.24, 2.45) is 11.8 Å². The first-order valence-electron chi connectivity index (χ1n) is 7.72. The summed E-state index contributed by atoms with van der Waals surface area (Å²) >= 11 is 0. The van der Waals surface area contributed by atoms with Crippen LogP contribution in [0.1, 0.15) is 12.8 Å². The van der Waals surface area contributed by atoms with Crippen molar-refractivity contribution >= 4 is 0 Å². The van der Waals surface area contributed by atoms with Gasteiger partial charge in [0.05, 0.1) is 0 Å². The minimum absolute atomic E-state index is 0.370. The van der Waals surface area contributed by atoms with Crippen LogP contribution in [0.15, 0.2) is 30.3 Å². The quantitative estimate of drug-likeness (QED) is 0.841. The van der Waals surface area contributed by atoms with Gasteiger partial charge in [0, 0.05) is 31.0 Å². The number of fused-ring (bicyclic) bond motifs is 2. The topological polar surface area (TPSA) is 15.7 Å². The van der Waals surface area contributed by atoms with Crippen molar-refractivity contribution in [2.75, 3.05) is 34.2 Å². The molecule has 0 amide bonds. The van der Waals surface area contributed by atoms with Crippen LogP contribution in [0, 0.1) is 11.8 Å². The number of piperidine rings is 1. The molecular formula is C17H26N2O. The van der Waals surface area contributed by atoms with Crippen LogP contribution >= 0.6 is 0 Å². The maximum Gasteiger partial charge on any atom is 0.119 e. The van der Waals surface area contributed by atoms with Gasteiger partial charge in [0.15, 0.2) is 0 Å². The Labute approximate surface area is 122 Å². The van der Waals surface area contributed by atoms with E-state index in [9.17, 15) is 0 Å². The second kappa shape index (κ2) is 5.74. The first-order chi connectivity index (χ1) is 9.65. The van der Waals surface area contributed by atoms with Crippen molar-refractivity contribution in [2.45, 2.75) is 25.0 Å². The molecule has 1 heterocycles. The minimum atomic E-state index is 0.370. The number of nitrogens with zero attached hydrogens (tertiary/aromatic N) is 2. The number of likely N-dealkylation sites (tertiary alicyclic amines) is 1. The molecule has 110 valence electrons. The summed E-state index contributed by atoms with van der Waals surface area (Å²) in [5.74, 6) is 2.31. The summed E-state index contributed by atoms with van der Waals surface area (Å²) < 4.78 is 6.40. The Hall–Kier alpha value is -1.06. The predicted octanol–water partition coefficient (Wildman–Crippen LogP) is 2.34.